The van der Waals surface area contributed by atoms with Gasteiger partial charge in [-0.25, -0.2) is 9.78 Å². The van der Waals surface area contributed by atoms with Crippen molar-refractivity contribution in [3.63, 3.8) is 0 Å². The van der Waals surface area contributed by atoms with Crippen LogP contribution in [-0.4, -0.2) is 38.3 Å². The molecule has 0 unspecified atom stereocenters. The maximum atomic E-state index is 11.6. The van der Waals surface area contributed by atoms with Crippen molar-refractivity contribution in [2.75, 3.05) is 7.11 Å². The number of H-pyrrole nitrogens is 1. The molecule has 11 heteroatoms. The fourth-order valence-electron chi connectivity index (χ4n) is 2.42. The van der Waals surface area contributed by atoms with Crippen molar-refractivity contribution in [3.8, 4) is 17.1 Å². The Labute approximate surface area is 168 Å². The van der Waals surface area contributed by atoms with E-state index in [9.17, 15) is 20.0 Å². The number of aromatic nitrogens is 3. The van der Waals surface area contributed by atoms with E-state index in [1.165, 1.54) is 37.5 Å². The highest BCUT2D eigenvalue weighted by Gasteiger charge is 2.20. The molecule has 0 amide bonds. The molecule has 0 aliphatic carbocycles. The van der Waals surface area contributed by atoms with Crippen LogP contribution in [0.5, 0.6) is 5.75 Å². The van der Waals surface area contributed by atoms with Gasteiger partial charge in [-0.3, -0.25) is 15.2 Å². The summed E-state index contributed by atoms with van der Waals surface area (Å²) in [5.74, 6) is 0.262. The second kappa shape index (κ2) is 8.61. The van der Waals surface area contributed by atoms with Crippen molar-refractivity contribution >= 4 is 29.5 Å². The SMILES string of the molecule is CCc1nc(S/C(=C\c2ccc(-c3ccc(OC)cc3[N+](=O)[O-])o2)C(=O)O)n[nH]1. The number of ether oxygens (including phenoxy) is 1. The minimum atomic E-state index is -1.17. The third kappa shape index (κ3) is 4.63. The molecular weight excluding hydrogens is 400 g/mol. The summed E-state index contributed by atoms with van der Waals surface area (Å²) in [6.07, 6.45) is 1.95. The maximum Gasteiger partial charge on any atom is 0.342 e. The van der Waals surface area contributed by atoms with Gasteiger partial charge in [0.1, 0.15) is 28.0 Å². The lowest BCUT2D eigenvalue weighted by molar-refractivity contribution is -0.384. The summed E-state index contributed by atoms with van der Waals surface area (Å²) in [6.45, 7) is 1.89. The summed E-state index contributed by atoms with van der Waals surface area (Å²) in [7, 11) is 1.41. The van der Waals surface area contributed by atoms with Gasteiger partial charge in [0.25, 0.3) is 5.69 Å². The maximum absolute atomic E-state index is 11.6. The molecule has 0 aliphatic heterocycles. The van der Waals surface area contributed by atoms with Crippen LogP contribution < -0.4 is 4.74 Å². The number of carboxylic acid groups (broad SMARTS) is 1. The Bertz CT molecular complexity index is 1090. The standard InChI is InChI=1S/C18H16N4O6S/c1-3-16-19-18(21-20-16)29-15(17(23)24)9-11-5-7-14(28-11)12-6-4-10(27-2)8-13(12)22(25)26/h4-9H,3H2,1-2H3,(H,23,24)(H,19,20,21)/b15-9-. The Kier molecular flexibility index (Phi) is 5.98. The van der Waals surface area contributed by atoms with E-state index in [0.29, 0.717) is 18.0 Å². The monoisotopic (exact) mass is 416 g/mol. The molecule has 0 aliphatic rings. The van der Waals surface area contributed by atoms with Crippen LogP contribution in [0.1, 0.15) is 18.5 Å². The number of aromatic amines is 1. The van der Waals surface area contributed by atoms with E-state index in [0.717, 1.165) is 11.8 Å². The number of nitrogens with zero attached hydrogens (tertiary/aromatic N) is 3. The molecule has 0 fully saturated rings. The average Bonchev–Trinajstić information content (AvgIpc) is 3.36. The van der Waals surface area contributed by atoms with Gasteiger partial charge < -0.3 is 14.3 Å². The first-order valence-corrected chi connectivity index (χ1v) is 9.19. The third-order valence-electron chi connectivity index (χ3n) is 3.83. The van der Waals surface area contributed by atoms with Gasteiger partial charge in [0, 0.05) is 12.5 Å². The number of nitro benzene ring substituents is 1. The van der Waals surface area contributed by atoms with Crippen molar-refractivity contribution in [1.82, 2.24) is 15.2 Å². The van der Waals surface area contributed by atoms with Crippen molar-refractivity contribution < 1.29 is 24.0 Å². The van der Waals surface area contributed by atoms with Crippen molar-refractivity contribution in [2.24, 2.45) is 0 Å². The fourth-order valence-corrected chi connectivity index (χ4v) is 3.12. The highest BCUT2D eigenvalue weighted by molar-refractivity contribution is 8.04. The molecule has 10 nitrogen and oxygen atoms in total. The van der Waals surface area contributed by atoms with Crippen LogP contribution in [0.25, 0.3) is 17.4 Å². The number of carboxylic acids is 1. The van der Waals surface area contributed by atoms with Crippen LogP contribution >= 0.6 is 11.8 Å². The number of nitro groups is 1. The molecule has 2 heterocycles. The molecule has 3 rings (SSSR count). The van der Waals surface area contributed by atoms with Crippen LogP contribution in [-0.2, 0) is 11.2 Å². The summed E-state index contributed by atoms with van der Waals surface area (Å²) in [6, 6.07) is 7.44. The van der Waals surface area contributed by atoms with Crippen LogP contribution in [0.3, 0.4) is 0 Å². The smallest absolute Gasteiger partial charge is 0.342 e. The summed E-state index contributed by atoms with van der Waals surface area (Å²) >= 11 is 0.869. The lowest BCUT2D eigenvalue weighted by Gasteiger charge is -2.03. The number of hydrogen-bond acceptors (Lipinski definition) is 8. The lowest BCUT2D eigenvalue weighted by Crippen LogP contribution is -1.97. The average molecular weight is 416 g/mol. The normalized spacial score (nSPS) is 11.4. The minimum Gasteiger partial charge on any atom is -0.497 e. The molecule has 2 aromatic heterocycles. The highest BCUT2D eigenvalue weighted by atomic mass is 32.2. The van der Waals surface area contributed by atoms with Crippen LogP contribution in [0.15, 0.2) is 44.8 Å². The van der Waals surface area contributed by atoms with Gasteiger partial charge in [-0.1, -0.05) is 6.92 Å². The lowest BCUT2D eigenvalue weighted by atomic mass is 10.1. The number of aliphatic carboxylic acids is 1. The molecule has 29 heavy (non-hydrogen) atoms. The first-order chi connectivity index (χ1) is 13.9. The third-order valence-corrected chi connectivity index (χ3v) is 4.70. The van der Waals surface area contributed by atoms with Crippen molar-refractivity contribution in [3.05, 3.63) is 56.9 Å². The quantitative estimate of drug-likeness (QED) is 0.243. The second-order valence-corrected chi connectivity index (χ2v) is 6.69. The summed E-state index contributed by atoms with van der Waals surface area (Å²) in [5, 5.41) is 27.8. The molecule has 0 radical (unpaired) electrons. The largest absolute Gasteiger partial charge is 0.497 e. The van der Waals surface area contributed by atoms with Crippen LogP contribution in [0, 0.1) is 10.1 Å². The molecule has 2 N–H and O–H groups in total. The van der Waals surface area contributed by atoms with Gasteiger partial charge in [-0.05, 0) is 36.0 Å². The number of furan rings is 1. The molecule has 0 saturated carbocycles. The Morgan fingerprint density at radius 3 is 2.83 bits per heavy atom. The summed E-state index contributed by atoms with van der Waals surface area (Å²) < 4.78 is 10.7. The predicted octanol–water partition coefficient (Wildman–Crippen LogP) is 3.76. The number of aryl methyl sites for hydroxylation is 1. The molecule has 1 aromatic carbocycles. The Morgan fingerprint density at radius 1 is 1.41 bits per heavy atom. The number of benzene rings is 1. The zero-order valence-electron chi connectivity index (χ0n) is 15.4. The van der Waals surface area contributed by atoms with E-state index in [1.807, 2.05) is 6.92 Å². The summed E-state index contributed by atoms with van der Waals surface area (Å²) in [4.78, 5) is 26.5. The first kappa shape index (κ1) is 20.1. The van der Waals surface area contributed by atoms with Crippen LogP contribution in [0.4, 0.5) is 5.69 Å². The van der Waals surface area contributed by atoms with Gasteiger partial charge in [-0.15, -0.1) is 5.10 Å². The zero-order valence-corrected chi connectivity index (χ0v) is 16.2. The number of rotatable bonds is 8. The van der Waals surface area contributed by atoms with E-state index in [2.05, 4.69) is 15.2 Å². The number of nitrogens with one attached hydrogen (secondary N) is 1. The van der Waals surface area contributed by atoms with Gasteiger partial charge in [0.15, 0.2) is 0 Å². The number of hydrogen-bond donors (Lipinski definition) is 2. The molecule has 0 saturated heterocycles. The number of carbonyl (C=O) groups is 1. The van der Waals surface area contributed by atoms with E-state index in [4.69, 9.17) is 9.15 Å². The summed E-state index contributed by atoms with van der Waals surface area (Å²) in [5.41, 5.74) is 0.0661. The Hall–Kier alpha value is -3.60. The van der Waals surface area contributed by atoms with E-state index in [-0.39, 0.29) is 32.8 Å². The van der Waals surface area contributed by atoms with Gasteiger partial charge in [-0.2, -0.15) is 0 Å². The van der Waals surface area contributed by atoms with Gasteiger partial charge in [0.2, 0.25) is 5.16 Å². The van der Waals surface area contributed by atoms with E-state index >= 15 is 0 Å². The minimum absolute atomic E-state index is 0.0585. The van der Waals surface area contributed by atoms with Crippen molar-refractivity contribution in [2.45, 2.75) is 18.5 Å². The van der Waals surface area contributed by atoms with Crippen molar-refractivity contribution in [1.29, 1.82) is 0 Å². The van der Waals surface area contributed by atoms with Crippen LogP contribution in [0.2, 0.25) is 0 Å². The second-order valence-electron chi connectivity index (χ2n) is 5.68. The molecule has 0 spiro atoms. The Balaban J connectivity index is 1.91. The van der Waals surface area contributed by atoms with E-state index in [1.54, 1.807) is 6.07 Å². The molecule has 3 aromatic rings. The number of thioether (sulfide) groups is 1. The Morgan fingerprint density at radius 2 is 2.21 bits per heavy atom. The zero-order chi connectivity index (χ0) is 21.0. The number of methoxy groups -OCH3 is 1. The van der Waals surface area contributed by atoms with Gasteiger partial charge in [0.05, 0.1) is 23.7 Å². The van der Waals surface area contributed by atoms with E-state index < -0.39 is 10.9 Å². The molecule has 0 atom stereocenters. The predicted molar refractivity (Wildman–Crippen MR) is 105 cm³/mol. The topological polar surface area (TPSA) is 144 Å². The fraction of sp³-hybridized carbons (Fsp3) is 0.167. The van der Waals surface area contributed by atoms with Gasteiger partial charge >= 0.3 is 5.97 Å². The molecular formula is C18H16N4O6S. The highest BCUT2D eigenvalue weighted by Crippen LogP contribution is 2.35. The first-order valence-electron chi connectivity index (χ1n) is 8.38. The molecule has 150 valence electrons. The molecule has 0 bridgehead atoms.